The summed E-state index contributed by atoms with van der Waals surface area (Å²) in [7, 11) is 0. The number of pyridine rings is 1. The Morgan fingerprint density at radius 1 is 0.892 bits per heavy atom. The lowest BCUT2D eigenvalue weighted by Crippen LogP contribution is -2.52. The summed E-state index contributed by atoms with van der Waals surface area (Å²) >= 11 is 11.3. The number of hydrogen-bond acceptors (Lipinski definition) is 4. The molecule has 5 rings (SSSR count). The summed E-state index contributed by atoms with van der Waals surface area (Å²) in [6, 6.07) is 23.5. The number of aromatic nitrogens is 1. The van der Waals surface area contributed by atoms with Crippen molar-refractivity contribution < 1.29 is 14.7 Å². The number of hydrogen-bond donors (Lipinski definition) is 3. The second-order valence-corrected chi connectivity index (χ2v) is 9.54. The van der Waals surface area contributed by atoms with E-state index in [1.165, 1.54) is 4.90 Å². The summed E-state index contributed by atoms with van der Waals surface area (Å²) in [4.78, 5) is 28.2. The normalized spacial score (nSPS) is 14.5. The molecule has 0 radical (unpaired) electrons. The average molecular weight is 531 g/mol. The summed E-state index contributed by atoms with van der Waals surface area (Å²) in [5.74, 6) is -0.212. The zero-order valence-electron chi connectivity index (χ0n) is 19.6. The van der Waals surface area contributed by atoms with Crippen LogP contribution in [0, 0.1) is 4.64 Å². The van der Waals surface area contributed by atoms with Gasteiger partial charge in [-0.25, -0.2) is 4.79 Å². The molecule has 3 aromatic carbocycles. The van der Waals surface area contributed by atoms with Crippen LogP contribution in [-0.2, 0) is 17.8 Å². The molecule has 1 aromatic heterocycles. The number of amides is 3. The third kappa shape index (κ3) is 5.50. The fourth-order valence-electron chi connectivity index (χ4n) is 4.32. The van der Waals surface area contributed by atoms with Crippen molar-refractivity contribution in [2.75, 3.05) is 10.6 Å². The van der Waals surface area contributed by atoms with Crippen LogP contribution in [0.1, 0.15) is 11.1 Å². The molecule has 3 N–H and O–H groups in total. The summed E-state index contributed by atoms with van der Waals surface area (Å²) in [5, 5.41) is 16.3. The van der Waals surface area contributed by atoms with Crippen molar-refractivity contribution in [1.29, 1.82) is 0 Å². The van der Waals surface area contributed by atoms with Gasteiger partial charge in [0.25, 0.3) is 0 Å². The van der Waals surface area contributed by atoms with E-state index in [2.05, 4.69) is 10.6 Å². The van der Waals surface area contributed by atoms with E-state index in [4.69, 9.17) is 23.8 Å². The van der Waals surface area contributed by atoms with Crippen LogP contribution < -0.4 is 10.6 Å². The predicted molar refractivity (Wildman–Crippen MR) is 147 cm³/mol. The molecule has 0 fully saturated rings. The van der Waals surface area contributed by atoms with E-state index < -0.39 is 12.1 Å². The van der Waals surface area contributed by atoms with E-state index in [-0.39, 0.29) is 24.6 Å². The number of halogens is 1. The van der Waals surface area contributed by atoms with Crippen LogP contribution in [0.4, 0.5) is 16.2 Å². The van der Waals surface area contributed by atoms with Crippen LogP contribution in [0.5, 0.6) is 5.75 Å². The number of fused-ring (bicyclic) bond motifs is 1. The van der Waals surface area contributed by atoms with Crippen molar-refractivity contribution in [3.63, 3.8) is 0 Å². The molecule has 0 saturated heterocycles. The fourth-order valence-corrected chi connectivity index (χ4v) is 4.69. The topological polar surface area (TPSA) is 86.6 Å². The van der Waals surface area contributed by atoms with E-state index >= 15 is 0 Å². The fraction of sp³-hybridized carbons (Fsp3) is 0.107. The molecule has 3 amide bonds. The molecule has 0 aliphatic carbocycles. The van der Waals surface area contributed by atoms with Crippen molar-refractivity contribution in [1.82, 2.24) is 9.47 Å². The zero-order valence-corrected chi connectivity index (χ0v) is 21.2. The van der Waals surface area contributed by atoms with Crippen molar-refractivity contribution >= 4 is 47.1 Å². The molecular formula is C28H23ClN4O3S. The molecule has 1 aliphatic rings. The Hall–Kier alpha value is -4.14. The first-order valence-corrected chi connectivity index (χ1v) is 12.4. The molecular weight excluding hydrogens is 508 g/mol. The number of carbonyl (C=O) groups is 2. The van der Waals surface area contributed by atoms with Gasteiger partial charge in [0, 0.05) is 41.2 Å². The van der Waals surface area contributed by atoms with Gasteiger partial charge in [0.1, 0.15) is 16.4 Å². The summed E-state index contributed by atoms with van der Waals surface area (Å²) in [6.45, 7) is 0.221. The van der Waals surface area contributed by atoms with Crippen LogP contribution in [-0.4, -0.2) is 32.6 Å². The van der Waals surface area contributed by atoms with Crippen molar-refractivity contribution in [3.8, 4) is 11.4 Å². The van der Waals surface area contributed by atoms with Crippen molar-refractivity contribution in [2.45, 2.75) is 19.0 Å². The standard InChI is InChI=1S/C28H23ClN4O3S/c29-20-5-7-22(8-6-20)31-28(36)33-17-18-4-13-24(34)15-19(18)16-25(33)27(35)30-21-9-11-23(12-10-21)32-14-2-1-3-26(32)37/h1-15,25,34H,16-17H2,(H,30,35)(H,31,36)/t25-/m0/s1. The molecule has 186 valence electrons. The number of nitrogens with one attached hydrogen (secondary N) is 2. The van der Waals surface area contributed by atoms with Gasteiger partial charge >= 0.3 is 6.03 Å². The van der Waals surface area contributed by atoms with Crippen LogP contribution in [0.2, 0.25) is 5.02 Å². The largest absolute Gasteiger partial charge is 0.508 e. The highest BCUT2D eigenvalue weighted by atomic mass is 35.5. The number of anilines is 2. The lowest BCUT2D eigenvalue weighted by Gasteiger charge is -2.36. The first-order chi connectivity index (χ1) is 17.9. The molecule has 9 heteroatoms. The number of benzene rings is 3. The maximum absolute atomic E-state index is 13.4. The maximum atomic E-state index is 13.4. The summed E-state index contributed by atoms with van der Waals surface area (Å²) in [5.41, 5.74) is 3.73. The van der Waals surface area contributed by atoms with Crippen LogP contribution >= 0.6 is 23.8 Å². The minimum Gasteiger partial charge on any atom is -0.508 e. The first kappa shape index (κ1) is 24.5. The number of phenolic OH excluding ortho intramolecular Hbond substituents is 1. The summed E-state index contributed by atoms with van der Waals surface area (Å²) in [6.07, 6.45) is 2.14. The number of aromatic hydroxyl groups is 1. The number of carbonyl (C=O) groups excluding carboxylic acids is 2. The van der Waals surface area contributed by atoms with E-state index in [0.29, 0.717) is 21.0 Å². The Morgan fingerprint density at radius 3 is 2.32 bits per heavy atom. The Morgan fingerprint density at radius 2 is 1.59 bits per heavy atom. The molecule has 7 nitrogen and oxygen atoms in total. The average Bonchev–Trinajstić information content (AvgIpc) is 2.90. The second-order valence-electron chi connectivity index (χ2n) is 8.68. The highest BCUT2D eigenvalue weighted by Crippen LogP contribution is 2.28. The summed E-state index contributed by atoms with van der Waals surface area (Å²) < 4.78 is 2.54. The smallest absolute Gasteiger partial charge is 0.322 e. The van der Waals surface area contributed by atoms with E-state index in [1.54, 1.807) is 54.6 Å². The molecule has 0 bridgehead atoms. The number of phenols is 1. The number of rotatable bonds is 4. The molecule has 1 atom stereocenters. The van der Waals surface area contributed by atoms with Gasteiger partial charge in [0.15, 0.2) is 0 Å². The molecule has 0 spiro atoms. The van der Waals surface area contributed by atoms with Gasteiger partial charge in [-0.3, -0.25) is 4.79 Å². The second kappa shape index (κ2) is 10.5. The minimum atomic E-state index is -0.788. The lowest BCUT2D eigenvalue weighted by molar-refractivity contribution is -0.120. The number of nitrogens with zero attached hydrogens (tertiary/aromatic N) is 2. The van der Waals surface area contributed by atoms with Crippen LogP contribution in [0.25, 0.3) is 5.69 Å². The van der Waals surface area contributed by atoms with Crippen molar-refractivity contribution in [3.05, 3.63) is 112 Å². The Kier molecular flexibility index (Phi) is 6.94. The van der Waals surface area contributed by atoms with E-state index in [0.717, 1.165) is 16.8 Å². The van der Waals surface area contributed by atoms with Gasteiger partial charge in [-0.05, 0) is 83.9 Å². The Bertz CT molecular complexity index is 1520. The van der Waals surface area contributed by atoms with Gasteiger partial charge in [-0.1, -0.05) is 36.0 Å². The lowest BCUT2D eigenvalue weighted by atomic mass is 9.93. The van der Waals surface area contributed by atoms with E-state index in [9.17, 15) is 14.7 Å². The minimum absolute atomic E-state index is 0.118. The first-order valence-electron chi connectivity index (χ1n) is 11.6. The third-order valence-electron chi connectivity index (χ3n) is 6.21. The maximum Gasteiger partial charge on any atom is 0.322 e. The highest BCUT2D eigenvalue weighted by molar-refractivity contribution is 7.71. The molecule has 37 heavy (non-hydrogen) atoms. The van der Waals surface area contributed by atoms with Crippen LogP contribution in [0.3, 0.4) is 0 Å². The molecule has 0 unspecified atom stereocenters. The number of urea groups is 1. The third-order valence-corrected chi connectivity index (χ3v) is 6.80. The quantitative estimate of drug-likeness (QED) is 0.276. The van der Waals surface area contributed by atoms with Gasteiger partial charge in [-0.2, -0.15) is 0 Å². The monoisotopic (exact) mass is 530 g/mol. The van der Waals surface area contributed by atoms with Gasteiger partial charge in [0.05, 0.1) is 0 Å². The highest BCUT2D eigenvalue weighted by Gasteiger charge is 2.35. The van der Waals surface area contributed by atoms with E-state index in [1.807, 2.05) is 41.1 Å². The molecule has 4 aromatic rings. The van der Waals surface area contributed by atoms with Crippen LogP contribution in [0.15, 0.2) is 91.1 Å². The van der Waals surface area contributed by atoms with Crippen molar-refractivity contribution in [2.24, 2.45) is 0 Å². The Balaban J connectivity index is 1.38. The zero-order chi connectivity index (χ0) is 25.9. The van der Waals surface area contributed by atoms with Gasteiger partial charge in [0.2, 0.25) is 5.91 Å². The van der Waals surface area contributed by atoms with Gasteiger partial charge in [-0.15, -0.1) is 0 Å². The molecule has 0 saturated carbocycles. The van der Waals surface area contributed by atoms with Gasteiger partial charge < -0.3 is 25.2 Å². The Labute approximate surface area is 223 Å². The SMILES string of the molecule is O=C(Nc1ccc(-n2ccccc2=S)cc1)[C@@H]1Cc2cc(O)ccc2CN1C(=O)Nc1ccc(Cl)cc1. The molecule has 2 heterocycles. The predicted octanol–water partition coefficient (Wildman–Crippen LogP) is 6.16. The molecule has 1 aliphatic heterocycles.